The number of unbranched alkanes of at least 4 members (excludes halogenated alkanes) is 1. The molecule has 4 N–H and O–H groups in total. The average Bonchev–Trinajstić information content (AvgIpc) is 2.42. The number of hydrogen-bond donors (Lipinski definition) is 3. The van der Waals surface area contributed by atoms with Crippen molar-refractivity contribution in [2.24, 2.45) is 16.8 Å². The van der Waals surface area contributed by atoms with Crippen molar-refractivity contribution < 1.29 is 10.0 Å². The van der Waals surface area contributed by atoms with Crippen LogP contribution in [0.4, 0.5) is 0 Å². The van der Waals surface area contributed by atoms with Gasteiger partial charge in [0.15, 0.2) is 5.84 Å². The molecule has 0 bridgehead atoms. The Balaban J connectivity index is 3.96. The maximum absolute atomic E-state index is 11.9. The van der Waals surface area contributed by atoms with E-state index in [0.717, 1.165) is 25.8 Å². The smallest absolute Gasteiger partial charge is 0.230 e. The van der Waals surface area contributed by atoms with Gasteiger partial charge in [-0.25, -0.2) is 0 Å². The van der Waals surface area contributed by atoms with E-state index in [9.17, 15) is 4.79 Å². The molecule has 1 unspecified atom stereocenters. The molecule has 20 heavy (non-hydrogen) atoms. The fraction of sp³-hybridized carbons (Fsp3) is 0.857. The van der Waals surface area contributed by atoms with E-state index in [4.69, 9.17) is 10.9 Å². The molecule has 0 heterocycles. The van der Waals surface area contributed by atoms with Gasteiger partial charge in [0.1, 0.15) is 0 Å². The predicted molar refractivity (Wildman–Crippen MR) is 81.8 cm³/mol. The van der Waals surface area contributed by atoms with E-state index in [1.165, 1.54) is 0 Å². The standard InChI is InChI=1S/C14H30N4O2/c1-5-8-12(13(15)17-20)14(19)16-9-6-7-10-18(4)11(2)3/h11-12,20H,5-10H2,1-4H3,(H2,15,17)(H,16,19). The Hall–Kier alpha value is -1.30. The van der Waals surface area contributed by atoms with Gasteiger partial charge in [0, 0.05) is 12.6 Å². The number of nitrogens with two attached hydrogens (primary N) is 1. The van der Waals surface area contributed by atoms with Crippen molar-refractivity contribution in [2.45, 2.75) is 52.5 Å². The first kappa shape index (κ1) is 18.7. The molecule has 1 amide bonds. The second-order valence-electron chi connectivity index (χ2n) is 5.44. The molecule has 0 fully saturated rings. The summed E-state index contributed by atoms with van der Waals surface area (Å²) < 4.78 is 0. The van der Waals surface area contributed by atoms with Gasteiger partial charge in [0.05, 0.1) is 5.92 Å². The molecule has 0 aromatic carbocycles. The van der Waals surface area contributed by atoms with Crippen molar-refractivity contribution in [3.8, 4) is 0 Å². The monoisotopic (exact) mass is 286 g/mol. The van der Waals surface area contributed by atoms with E-state index in [1.54, 1.807) is 0 Å². The highest BCUT2D eigenvalue weighted by molar-refractivity contribution is 6.01. The first-order valence-corrected chi connectivity index (χ1v) is 7.39. The summed E-state index contributed by atoms with van der Waals surface area (Å²) in [5.41, 5.74) is 5.54. The van der Waals surface area contributed by atoms with Crippen LogP contribution in [0.3, 0.4) is 0 Å². The van der Waals surface area contributed by atoms with Crippen LogP contribution in [0.1, 0.15) is 46.5 Å². The third-order valence-corrected chi connectivity index (χ3v) is 3.48. The summed E-state index contributed by atoms with van der Waals surface area (Å²) in [6.45, 7) is 7.94. The molecule has 0 radical (unpaired) electrons. The van der Waals surface area contributed by atoms with Gasteiger partial charge in [-0.2, -0.15) is 0 Å². The van der Waals surface area contributed by atoms with Crippen molar-refractivity contribution >= 4 is 11.7 Å². The second-order valence-corrected chi connectivity index (χ2v) is 5.44. The normalized spacial score (nSPS) is 13.8. The maximum atomic E-state index is 11.9. The molecule has 6 nitrogen and oxygen atoms in total. The predicted octanol–water partition coefficient (Wildman–Crippen LogP) is 1.39. The molecule has 0 saturated carbocycles. The molecular weight excluding hydrogens is 256 g/mol. The minimum atomic E-state index is -0.525. The summed E-state index contributed by atoms with van der Waals surface area (Å²) >= 11 is 0. The Bertz CT molecular complexity index is 306. The largest absolute Gasteiger partial charge is 0.409 e. The summed E-state index contributed by atoms with van der Waals surface area (Å²) in [7, 11) is 2.10. The number of nitrogens with one attached hydrogen (secondary N) is 1. The average molecular weight is 286 g/mol. The Morgan fingerprint density at radius 3 is 2.55 bits per heavy atom. The van der Waals surface area contributed by atoms with Crippen LogP contribution in [0.25, 0.3) is 0 Å². The van der Waals surface area contributed by atoms with Gasteiger partial charge >= 0.3 is 0 Å². The van der Waals surface area contributed by atoms with Crippen molar-refractivity contribution in [1.29, 1.82) is 0 Å². The van der Waals surface area contributed by atoms with Crippen LogP contribution in [-0.2, 0) is 4.79 Å². The fourth-order valence-electron chi connectivity index (χ4n) is 1.85. The Labute approximate surface area is 122 Å². The Morgan fingerprint density at radius 1 is 1.40 bits per heavy atom. The van der Waals surface area contributed by atoms with Crippen molar-refractivity contribution in [1.82, 2.24) is 10.2 Å². The van der Waals surface area contributed by atoms with Gasteiger partial charge < -0.3 is 21.2 Å². The van der Waals surface area contributed by atoms with E-state index in [2.05, 4.69) is 36.3 Å². The maximum Gasteiger partial charge on any atom is 0.230 e. The SMILES string of the molecule is CCCC(C(=O)NCCCCN(C)C(C)C)C(N)=NO. The van der Waals surface area contributed by atoms with E-state index in [1.807, 2.05) is 6.92 Å². The molecule has 0 aliphatic carbocycles. The highest BCUT2D eigenvalue weighted by Gasteiger charge is 2.21. The lowest BCUT2D eigenvalue weighted by Crippen LogP contribution is -2.39. The van der Waals surface area contributed by atoms with E-state index < -0.39 is 5.92 Å². The van der Waals surface area contributed by atoms with Crippen molar-refractivity contribution in [3.63, 3.8) is 0 Å². The summed E-state index contributed by atoms with van der Waals surface area (Å²) in [5.74, 6) is -0.688. The lowest BCUT2D eigenvalue weighted by Gasteiger charge is -2.20. The third-order valence-electron chi connectivity index (χ3n) is 3.48. The zero-order valence-corrected chi connectivity index (χ0v) is 13.2. The summed E-state index contributed by atoms with van der Waals surface area (Å²) in [6.07, 6.45) is 3.38. The third kappa shape index (κ3) is 7.33. The zero-order chi connectivity index (χ0) is 15.5. The summed E-state index contributed by atoms with van der Waals surface area (Å²) in [6, 6.07) is 0.541. The lowest BCUT2D eigenvalue weighted by molar-refractivity contribution is -0.123. The minimum absolute atomic E-state index is 0.0103. The minimum Gasteiger partial charge on any atom is -0.409 e. The van der Waals surface area contributed by atoms with E-state index in [0.29, 0.717) is 19.0 Å². The number of hydrogen-bond acceptors (Lipinski definition) is 4. The molecule has 1 atom stereocenters. The topological polar surface area (TPSA) is 91.0 Å². The molecule has 0 aliphatic heterocycles. The Kier molecular flexibility index (Phi) is 9.80. The molecule has 0 saturated heterocycles. The number of carbonyl (C=O) groups excluding carboxylic acids is 1. The van der Waals surface area contributed by atoms with Crippen molar-refractivity contribution in [3.05, 3.63) is 0 Å². The van der Waals surface area contributed by atoms with Gasteiger partial charge in [0.25, 0.3) is 0 Å². The number of amidine groups is 1. The molecule has 0 rings (SSSR count). The highest BCUT2D eigenvalue weighted by Crippen LogP contribution is 2.07. The van der Waals surface area contributed by atoms with Crippen LogP contribution in [0.15, 0.2) is 5.16 Å². The second kappa shape index (κ2) is 10.5. The molecule has 118 valence electrons. The molecule has 0 aliphatic rings. The highest BCUT2D eigenvalue weighted by atomic mass is 16.4. The number of nitrogens with zero attached hydrogens (tertiary/aromatic N) is 2. The van der Waals surface area contributed by atoms with E-state index >= 15 is 0 Å². The van der Waals surface area contributed by atoms with Crippen LogP contribution in [0, 0.1) is 5.92 Å². The number of rotatable bonds is 10. The Morgan fingerprint density at radius 2 is 2.05 bits per heavy atom. The molecule has 0 aromatic heterocycles. The quantitative estimate of drug-likeness (QED) is 0.186. The lowest BCUT2D eigenvalue weighted by atomic mass is 10.0. The van der Waals surface area contributed by atoms with Crippen molar-refractivity contribution in [2.75, 3.05) is 20.1 Å². The number of oxime groups is 1. The fourth-order valence-corrected chi connectivity index (χ4v) is 1.85. The molecule has 0 aromatic rings. The van der Waals surface area contributed by atoms with Gasteiger partial charge in [-0.15, -0.1) is 0 Å². The van der Waals surface area contributed by atoms with E-state index in [-0.39, 0.29) is 11.7 Å². The van der Waals surface area contributed by atoms with Gasteiger partial charge in [-0.3, -0.25) is 4.79 Å². The van der Waals surface area contributed by atoms with Gasteiger partial charge in [0.2, 0.25) is 5.91 Å². The van der Waals surface area contributed by atoms with Gasteiger partial charge in [-0.1, -0.05) is 18.5 Å². The van der Waals surface area contributed by atoms with Crippen LogP contribution >= 0.6 is 0 Å². The van der Waals surface area contributed by atoms with Crippen LogP contribution in [0.2, 0.25) is 0 Å². The first-order chi connectivity index (χ1) is 9.43. The summed E-state index contributed by atoms with van der Waals surface area (Å²) in [5, 5.41) is 14.5. The molecule has 0 spiro atoms. The van der Waals surface area contributed by atoms with Crippen LogP contribution < -0.4 is 11.1 Å². The number of amides is 1. The van der Waals surface area contributed by atoms with Crippen LogP contribution in [-0.4, -0.2) is 48.0 Å². The molecule has 6 heteroatoms. The number of carbonyl (C=O) groups is 1. The van der Waals surface area contributed by atoms with Gasteiger partial charge in [-0.05, 0) is 46.7 Å². The summed E-state index contributed by atoms with van der Waals surface area (Å²) in [4.78, 5) is 14.2. The molecular formula is C14H30N4O2. The zero-order valence-electron chi connectivity index (χ0n) is 13.2. The first-order valence-electron chi connectivity index (χ1n) is 7.39. The van der Waals surface area contributed by atoms with Crippen LogP contribution in [0.5, 0.6) is 0 Å².